The van der Waals surface area contributed by atoms with Crippen molar-refractivity contribution in [3.05, 3.63) is 0 Å². The summed E-state index contributed by atoms with van der Waals surface area (Å²) < 4.78 is 42.5. The summed E-state index contributed by atoms with van der Waals surface area (Å²) in [4.78, 5) is 4.20. The quantitative estimate of drug-likeness (QED) is 0.720. The minimum Gasteiger partial charge on any atom is -0.388 e. The van der Waals surface area contributed by atoms with Crippen LogP contribution >= 0.6 is 11.8 Å². The Hall–Kier alpha value is -0.510. The Morgan fingerprint density at radius 2 is 2.05 bits per heavy atom. The number of rotatable bonds is 3. The van der Waals surface area contributed by atoms with Crippen LogP contribution in [0.2, 0.25) is 0 Å². The molecule has 2 heterocycles. The largest absolute Gasteiger partial charge is 0.391 e. The van der Waals surface area contributed by atoms with E-state index in [4.69, 9.17) is 4.74 Å². The molecule has 0 aliphatic carbocycles. The van der Waals surface area contributed by atoms with Crippen LogP contribution in [0.25, 0.3) is 0 Å². The van der Waals surface area contributed by atoms with E-state index in [0.29, 0.717) is 11.7 Å². The Balaban J connectivity index is 2.05. The number of nitrogens with one attached hydrogen (secondary N) is 1. The van der Waals surface area contributed by atoms with E-state index in [1.807, 2.05) is 6.92 Å². The summed E-state index contributed by atoms with van der Waals surface area (Å²) >= 11 is 1.15. The molecule has 2 aliphatic heterocycles. The molecule has 5 atom stereocenters. The number of aliphatic hydroxyl groups is 2. The van der Waals surface area contributed by atoms with Crippen molar-refractivity contribution >= 4 is 16.9 Å². The molecule has 0 saturated carbocycles. The van der Waals surface area contributed by atoms with Crippen molar-refractivity contribution in [3.8, 4) is 0 Å². The first kappa shape index (κ1) is 15.9. The number of hydrogen-bond acceptors (Lipinski definition) is 5. The second-order valence-electron chi connectivity index (χ2n) is 4.82. The average Bonchev–Trinajstić information content (AvgIpc) is 2.74. The van der Waals surface area contributed by atoms with Crippen molar-refractivity contribution in [3.63, 3.8) is 0 Å². The van der Waals surface area contributed by atoms with Crippen LogP contribution in [0.3, 0.4) is 0 Å². The maximum absolute atomic E-state index is 12.4. The van der Waals surface area contributed by atoms with Gasteiger partial charge in [-0.05, 0) is 6.42 Å². The van der Waals surface area contributed by atoms with Gasteiger partial charge in [0, 0.05) is 6.54 Å². The van der Waals surface area contributed by atoms with Gasteiger partial charge in [-0.25, -0.2) is 0 Å². The van der Waals surface area contributed by atoms with Gasteiger partial charge in [0.1, 0.15) is 17.6 Å². The molecule has 5 nitrogen and oxygen atoms in total. The zero-order valence-corrected chi connectivity index (χ0v) is 11.6. The zero-order chi connectivity index (χ0) is 14.9. The van der Waals surface area contributed by atoms with Crippen LogP contribution in [-0.4, -0.2) is 57.9 Å². The molecule has 0 aromatic heterocycles. The molecule has 20 heavy (non-hydrogen) atoms. The van der Waals surface area contributed by atoms with Crippen molar-refractivity contribution in [2.75, 3.05) is 6.54 Å². The van der Waals surface area contributed by atoms with E-state index < -0.39 is 42.4 Å². The Kier molecular flexibility index (Phi) is 4.83. The SMILES string of the molecule is CCCN=C1N[C@@H]2[C@@H](O)[C@H](O)[C@@H](CC(F)(F)F)O[C@@H]2S1. The predicted octanol–water partition coefficient (Wildman–Crippen LogP) is 0.856. The Bertz CT molecular complexity index is 380. The first-order valence-electron chi connectivity index (χ1n) is 6.38. The molecule has 0 bridgehead atoms. The summed E-state index contributed by atoms with van der Waals surface area (Å²) in [6.45, 7) is 2.53. The van der Waals surface area contributed by atoms with Gasteiger partial charge in [-0.2, -0.15) is 13.2 Å². The Morgan fingerprint density at radius 1 is 1.35 bits per heavy atom. The van der Waals surface area contributed by atoms with Crippen LogP contribution in [0, 0.1) is 0 Å². The van der Waals surface area contributed by atoms with Crippen LogP contribution in [0.4, 0.5) is 13.2 Å². The van der Waals surface area contributed by atoms with Gasteiger partial charge in [0.15, 0.2) is 5.17 Å². The van der Waals surface area contributed by atoms with E-state index >= 15 is 0 Å². The third-order valence-corrected chi connectivity index (χ3v) is 4.24. The summed E-state index contributed by atoms with van der Waals surface area (Å²) in [7, 11) is 0. The molecule has 116 valence electrons. The maximum Gasteiger partial charge on any atom is 0.391 e. The fourth-order valence-electron chi connectivity index (χ4n) is 2.17. The second kappa shape index (κ2) is 6.08. The molecule has 0 aromatic rings. The molecule has 2 saturated heterocycles. The number of nitrogens with zero attached hydrogens (tertiary/aromatic N) is 1. The highest BCUT2D eigenvalue weighted by Crippen LogP contribution is 2.37. The number of ether oxygens (including phenoxy) is 1. The minimum atomic E-state index is -4.45. The van der Waals surface area contributed by atoms with E-state index in [2.05, 4.69) is 10.3 Å². The molecule has 2 aliphatic rings. The van der Waals surface area contributed by atoms with Crippen molar-refractivity contribution < 1.29 is 28.1 Å². The first-order chi connectivity index (χ1) is 9.31. The summed E-state index contributed by atoms with van der Waals surface area (Å²) in [6, 6.07) is -0.643. The molecular formula is C11H17F3N2O3S. The van der Waals surface area contributed by atoms with Gasteiger partial charge in [-0.3, -0.25) is 4.99 Å². The summed E-state index contributed by atoms with van der Waals surface area (Å²) in [5.41, 5.74) is -0.670. The fraction of sp³-hybridized carbons (Fsp3) is 0.909. The van der Waals surface area contributed by atoms with E-state index in [0.717, 1.165) is 18.2 Å². The monoisotopic (exact) mass is 314 g/mol. The molecule has 3 N–H and O–H groups in total. The number of amidine groups is 1. The molecule has 0 unspecified atom stereocenters. The van der Waals surface area contributed by atoms with Crippen LogP contribution in [-0.2, 0) is 4.74 Å². The lowest BCUT2D eigenvalue weighted by molar-refractivity contribution is -0.211. The second-order valence-corrected chi connectivity index (χ2v) is 5.91. The van der Waals surface area contributed by atoms with Gasteiger partial charge in [-0.1, -0.05) is 18.7 Å². The number of aliphatic hydroxyl groups excluding tert-OH is 2. The minimum absolute atomic E-state index is 0.528. The third kappa shape index (κ3) is 3.57. The Labute approximate surface area is 118 Å². The normalized spacial score (nSPS) is 39.7. The lowest BCUT2D eigenvalue weighted by Crippen LogP contribution is -2.59. The van der Waals surface area contributed by atoms with Crippen LogP contribution in [0.1, 0.15) is 19.8 Å². The van der Waals surface area contributed by atoms with Crippen molar-refractivity contribution in [1.29, 1.82) is 0 Å². The number of fused-ring (bicyclic) bond motifs is 1. The molecular weight excluding hydrogens is 297 g/mol. The smallest absolute Gasteiger partial charge is 0.388 e. The molecule has 0 radical (unpaired) electrons. The van der Waals surface area contributed by atoms with E-state index in [1.165, 1.54) is 0 Å². The standard InChI is InChI=1S/C11H17F3N2O3S/c1-2-3-15-10-16-6-8(18)7(17)5(4-11(12,13)14)19-9(6)20-10/h5-9,17-18H,2-4H2,1H3,(H,15,16)/t5-,6-,7-,8-,9-/m1/s1. The van der Waals surface area contributed by atoms with E-state index in [1.54, 1.807) is 0 Å². The highest BCUT2D eigenvalue weighted by molar-refractivity contribution is 8.14. The van der Waals surface area contributed by atoms with E-state index in [-0.39, 0.29) is 0 Å². The number of aliphatic imine (C=N–C) groups is 1. The topological polar surface area (TPSA) is 74.1 Å². The molecule has 9 heteroatoms. The number of thioether (sulfide) groups is 1. The lowest BCUT2D eigenvalue weighted by atomic mass is 9.96. The van der Waals surface area contributed by atoms with Gasteiger partial charge >= 0.3 is 6.18 Å². The summed E-state index contributed by atoms with van der Waals surface area (Å²) in [5, 5.41) is 23.1. The predicted molar refractivity (Wildman–Crippen MR) is 68.5 cm³/mol. The van der Waals surface area contributed by atoms with Crippen molar-refractivity contribution in [2.24, 2.45) is 4.99 Å². The van der Waals surface area contributed by atoms with Crippen LogP contribution < -0.4 is 5.32 Å². The molecule has 0 spiro atoms. The lowest BCUT2D eigenvalue weighted by Gasteiger charge is -2.39. The fourth-order valence-corrected chi connectivity index (χ4v) is 3.33. The zero-order valence-electron chi connectivity index (χ0n) is 10.8. The van der Waals surface area contributed by atoms with Crippen molar-refractivity contribution in [2.45, 2.75) is 55.7 Å². The highest BCUT2D eigenvalue weighted by Gasteiger charge is 2.51. The molecule has 0 amide bonds. The summed E-state index contributed by atoms with van der Waals surface area (Å²) in [5.74, 6) is 0. The van der Waals surface area contributed by atoms with Crippen LogP contribution in [0.5, 0.6) is 0 Å². The Morgan fingerprint density at radius 3 is 2.65 bits per heavy atom. The number of halogens is 3. The molecule has 0 aromatic carbocycles. The number of hydrogen-bond donors (Lipinski definition) is 3. The van der Waals surface area contributed by atoms with Crippen molar-refractivity contribution in [1.82, 2.24) is 5.32 Å². The summed E-state index contributed by atoms with van der Waals surface area (Å²) in [6.07, 6.45) is -9.24. The third-order valence-electron chi connectivity index (χ3n) is 3.13. The van der Waals surface area contributed by atoms with E-state index in [9.17, 15) is 23.4 Å². The average molecular weight is 314 g/mol. The molecule has 2 fully saturated rings. The van der Waals surface area contributed by atoms with Gasteiger partial charge in [0.2, 0.25) is 0 Å². The molecule has 2 rings (SSSR count). The maximum atomic E-state index is 12.4. The van der Waals surface area contributed by atoms with Gasteiger partial charge in [0.25, 0.3) is 0 Å². The number of alkyl halides is 3. The first-order valence-corrected chi connectivity index (χ1v) is 7.25. The highest BCUT2D eigenvalue weighted by atomic mass is 32.2. The van der Waals surface area contributed by atoms with Gasteiger partial charge < -0.3 is 20.3 Å². The van der Waals surface area contributed by atoms with Crippen LogP contribution in [0.15, 0.2) is 4.99 Å². The van der Waals surface area contributed by atoms with Gasteiger partial charge in [-0.15, -0.1) is 0 Å². The van der Waals surface area contributed by atoms with Gasteiger partial charge in [0.05, 0.1) is 18.6 Å².